The number of carbonyl (C=O) groups excluding carboxylic acids is 1. The van der Waals surface area contributed by atoms with E-state index in [1.54, 1.807) is 0 Å². The average molecular weight is 425 g/mol. The molecule has 7 heteroatoms. The third-order valence-corrected chi connectivity index (χ3v) is 6.55. The highest BCUT2D eigenvalue weighted by molar-refractivity contribution is 7.17. The Balaban J connectivity index is 1.70. The largest absolute Gasteiger partial charge is 0.385 e. The highest BCUT2D eigenvalue weighted by atomic mass is 32.1. The minimum absolute atomic E-state index is 0.129. The van der Waals surface area contributed by atoms with Gasteiger partial charge < -0.3 is 15.5 Å². The van der Waals surface area contributed by atoms with Gasteiger partial charge in [0.2, 0.25) is 0 Å². The Morgan fingerprint density at radius 2 is 1.97 bits per heavy atom. The first-order valence-electron chi connectivity index (χ1n) is 9.91. The number of carbonyl (C=O) groups is 1. The van der Waals surface area contributed by atoms with Gasteiger partial charge in [-0.3, -0.25) is 4.79 Å². The van der Waals surface area contributed by atoms with Gasteiger partial charge in [0.15, 0.2) is 6.61 Å². The Bertz CT molecular complexity index is 1030. The van der Waals surface area contributed by atoms with E-state index in [1.165, 1.54) is 16.9 Å². The summed E-state index contributed by atoms with van der Waals surface area (Å²) in [7, 11) is 0. The summed E-state index contributed by atoms with van der Waals surface area (Å²) in [5.41, 5.74) is 3.96. The standard InChI is InChI=1S/C23H28N4O2S/c1-14-7-9-16(10-8-14)15(2)26-29-13-19(28)25-21-18(12-24)17-11-22(3,4)27-23(5,6)20(17)30-21/h7-10,27H,11,13H2,1-6H3,(H,25,28). The first-order chi connectivity index (χ1) is 14.0. The fourth-order valence-corrected chi connectivity index (χ4v) is 5.18. The molecule has 0 fully saturated rings. The van der Waals surface area contributed by atoms with E-state index < -0.39 is 0 Å². The van der Waals surface area contributed by atoms with Crippen LogP contribution in [0.5, 0.6) is 0 Å². The van der Waals surface area contributed by atoms with Crippen LogP contribution < -0.4 is 10.6 Å². The molecule has 1 aliphatic heterocycles. The molecule has 0 radical (unpaired) electrons. The van der Waals surface area contributed by atoms with Crippen LogP contribution in [0.2, 0.25) is 0 Å². The van der Waals surface area contributed by atoms with Crippen molar-refractivity contribution in [2.45, 2.75) is 59.0 Å². The van der Waals surface area contributed by atoms with Gasteiger partial charge in [-0.25, -0.2) is 0 Å². The Morgan fingerprint density at radius 1 is 1.30 bits per heavy atom. The molecule has 0 atom stereocenters. The number of amides is 1. The molecule has 30 heavy (non-hydrogen) atoms. The van der Waals surface area contributed by atoms with E-state index in [4.69, 9.17) is 4.84 Å². The average Bonchev–Trinajstić information content (AvgIpc) is 2.98. The van der Waals surface area contributed by atoms with Gasteiger partial charge in [0, 0.05) is 16.0 Å². The van der Waals surface area contributed by atoms with E-state index in [9.17, 15) is 10.1 Å². The minimum atomic E-state index is -0.337. The number of oxime groups is 1. The molecule has 0 bridgehead atoms. The summed E-state index contributed by atoms with van der Waals surface area (Å²) >= 11 is 1.45. The number of hydrogen-bond donors (Lipinski definition) is 2. The van der Waals surface area contributed by atoms with E-state index in [0.29, 0.717) is 16.3 Å². The topological polar surface area (TPSA) is 86.5 Å². The molecule has 0 saturated carbocycles. The molecule has 1 amide bonds. The lowest BCUT2D eigenvalue weighted by atomic mass is 9.81. The van der Waals surface area contributed by atoms with E-state index in [-0.39, 0.29) is 23.6 Å². The van der Waals surface area contributed by atoms with Crippen molar-refractivity contribution in [2.24, 2.45) is 5.16 Å². The van der Waals surface area contributed by atoms with Crippen molar-refractivity contribution in [1.29, 1.82) is 5.26 Å². The molecule has 0 aliphatic carbocycles. The van der Waals surface area contributed by atoms with Crippen LogP contribution in [0.3, 0.4) is 0 Å². The highest BCUT2D eigenvalue weighted by Gasteiger charge is 2.40. The molecular weight excluding hydrogens is 396 g/mol. The monoisotopic (exact) mass is 424 g/mol. The van der Waals surface area contributed by atoms with Crippen molar-refractivity contribution in [3.63, 3.8) is 0 Å². The summed E-state index contributed by atoms with van der Waals surface area (Å²) in [5.74, 6) is -0.337. The van der Waals surface area contributed by atoms with Gasteiger partial charge in [-0.1, -0.05) is 35.0 Å². The molecule has 6 nitrogen and oxygen atoms in total. The number of aryl methyl sites for hydroxylation is 1. The van der Waals surface area contributed by atoms with Crippen molar-refractivity contribution >= 4 is 28.0 Å². The van der Waals surface area contributed by atoms with Crippen molar-refractivity contribution in [2.75, 3.05) is 11.9 Å². The summed E-state index contributed by atoms with van der Waals surface area (Å²) in [4.78, 5) is 18.8. The zero-order valence-electron chi connectivity index (χ0n) is 18.3. The number of benzene rings is 1. The van der Waals surface area contributed by atoms with E-state index in [1.807, 2.05) is 38.1 Å². The molecule has 1 aromatic heterocycles. The first kappa shape index (κ1) is 22.0. The van der Waals surface area contributed by atoms with Gasteiger partial charge in [-0.05, 0) is 59.1 Å². The Hall–Kier alpha value is -2.69. The fourth-order valence-electron chi connectivity index (χ4n) is 3.93. The smallest absolute Gasteiger partial charge is 0.265 e. The molecule has 3 rings (SSSR count). The third kappa shape index (κ3) is 4.72. The van der Waals surface area contributed by atoms with Gasteiger partial charge in [0.05, 0.1) is 11.3 Å². The van der Waals surface area contributed by atoms with Crippen LogP contribution in [0.4, 0.5) is 5.00 Å². The van der Waals surface area contributed by atoms with Crippen LogP contribution in [0.25, 0.3) is 0 Å². The molecular formula is C23H28N4O2S. The highest BCUT2D eigenvalue weighted by Crippen LogP contribution is 2.44. The lowest BCUT2D eigenvalue weighted by Gasteiger charge is -2.42. The second-order valence-corrected chi connectivity index (χ2v) is 9.92. The van der Waals surface area contributed by atoms with Gasteiger partial charge in [0.1, 0.15) is 11.1 Å². The second-order valence-electron chi connectivity index (χ2n) is 8.90. The SMILES string of the molecule is CC(=NOCC(=O)Nc1sc2c(c1C#N)CC(C)(C)NC2(C)C)c1ccc(C)cc1. The van der Waals surface area contributed by atoms with Crippen LogP contribution in [-0.2, 0) is 21.6 Å². The number of nitrogens with zero attached hydrogens (tertiary/aromatic N) is 2. The summed E-state index contributed by atoms with van der Waals surface area (Å²) < 4.78 is 0. The van der Waals surface area contributed by atoms with Crippen LogP contribution in [0.15, 0.2) is 29.4 Å². The van der Waals surface area contributed by atoms with Gasteiger partial charge in [-0.2, -0.15) is 5.26 Å². The van der Waals surface area contributed by atoms with Crippen LogP contribution in [0.1, 0.15) is 61.7 Å². The maximum atomic E-state index is 12.4. The number of nitriles is 1. The van der Waals surface area contributed by atoms with Crippen LogP contribution in [-0.4, -0.2) is 23.8 Å². The van der Waals surface area contributed by atoms with Crippen molar-refractivity contribution in [1.82, 2.24) is 5.32 Å². The number of anilines is 1. The molecule has 0 spiro atoms. The van der Waals surface area contributed by atoms with E-state index in [2.05, 4.69) is 49.6 Å². The molecule has 1 aliphatic rings. The minimum Gasteiger partial charge on any atom is -0.385 e. The van der Waals surface area contributed by atoms with E-state index >= 15 is 0 Å². The van der Waals surface area contributed by atoms with Crippen molar-refractivity contribution < 1.29 is 9.63 Å². The number of nitrogens with one attached hydrogen (secondary N) is 2. The first-order valence-corrected chi connectivity index (χ1v) is 10.7. The zero-order valence-corrected chi connectivity index (χ0v) is 19.2. The summed E-state index contributed by atoms with van der Waals surface area (Å²) in [6.07, 6.45) is 0.734. The maximum Gasteiger partial charge on any atom is 0.265 e. The third-order valence-electron chi connectivity index (χ3n) is 5.08. The Morgan fingerprint density at radius 3 is 2.60 bits per heavy atom. The zero-order chi connectivity index (χ0) is 22.1. The summed E-state index contributed by atoms with van der Waals surface area (Å²) in [6, 6.07) is 10.2. The van der Waals surface area contributed by atoms with Gasteiger partial charge in [-0.15, -0.1) is 11.3 Å². The second kappa shape index (κ2) is 8.21. The Labute approximate surface area is 181 Å². The molecule has 2 aromatic rings. The number of hydrogen-bond acceptors (Lipinski definition) is 6. The molecule has 0 saturated heterocycles. The fraction of sp³-hybridized carbons (Fsp3) is 0.435. The molecule has 158 valence electrons. The Kier molecular flexibility index (Phi) is 6.02. The van der Waals surface area contributed by atoms with E-state index in [0.717, 1.165) is 22.4 Å². The predicted molar refractivity (Wildman–Crippen MR) is 121 cm³/mol. The van der Waals surface area contributed by atoms with Crippen LogP contribution >= 0.6 is 11.3 Å². The number of thiophene rings is 1. The number of rotatable bonds is 5. The molecule has 2 heterocycles. The van der Waals surface area contributed by atoms with Crippen molar-refractivity contribution in [3.8, 4) is 6.07 Å². The molecule has 0 unspecified atom stereocenters. The lowest BCUT2D eigenvalue weighted by Crippen LogP contribution is -2.54. The predicted octanol–water partition coefficient (Wildman–Crippen LogP) is 4.47. The number of fused-ring (bicyclic) bond motifs is 1. The molecule has 2 N–H and O–H groups in total. The summed E-state index contributed by atoms with van der Waals surface area (Å²) in [5, 5.41) is 20.8. The lowest BCUT2D eigenvalue weighted by molar-refractivity contribution is -0.120. The summed E-state index contributed by atoms with van der Waals surface area (Å²) in [6.45, 7) is 12.1. The normalized spacial score (nSPS) is 17.0. The molecule has 1 aromatic carbocycles. The van der Waals surface area contributed by atoms with Gasteiger partial charge >= 0.3 is 0 Å². The van der Waals surface area contributed by atoms with Crippen LogP contribution in [0, 0.1) is 18.3 Å². The quantitative estimate of drug-likeness (QED) is 0.548. The maximum absolute atomic E-state index is 12.4. The van der Waals surface area contributed by atoms with Crippen molar-refractivity contribution in [3.05, 3.63) is 51.4 Å². The van der Waals surface area contributed by atoms with Gasteiger partial charge in [0.25, 0.3) is 5.91 Å².